The highest BCUT2D eigenvalue weighted by molar-refractivity contribution is 7.09. The fourth-order valence-electron chi connectivity index (χ4n) is 2.79. The summed E-state index contributed by atoms with van der Waals surface area (Å²) in [4.78, 5) is 27.2. The summed E-state index contributed by atoms with van der Waals surface area (Å²) in [7, 11) is 1.62. The van der Waals surface area contributed by atoms with Crippen molar-refractivity contribution in [2.24, 2.45) is 0 Å². The molecule has 0 radical (unpaired) electrons. The minimum atomic E-state index is -4.44. The van der Waals surface area contributed by atoms with Crippen LogP contribution in [0.15, 0.2) is 66.0 Å². The molecule has 3 rings (SSSR count). The third-order valence-electron chi connectivity index (χ3n) is 4.40. The molecule has 0 atom stereocenters. The maximum atomic E-state index is 12.8. The van der Waals surface area contributed by atoms with Gasteiger partial charge in [-0.3, -0.25) is 4.79 Å². The van der Waals surface area contributed by atoms with Crippen LogP contribution in [0.3, 0.4) is 0 Å². The number of nitrogens with zero attached hydrogens (tertiary/aromatic N) is 1. The first kappa shape index (κ1) is 21.6. The average molecular weight is 433 g/mol. The van der Waals surface area contributed by atoms with E-state index in [9.17, 15) is 22.8 Å². The number of carbonyl (C=O) groups excluding carboxylic acids is 2. The number of amides is 1. The molecule has 0 spiro atoms. The molecule has 4 nitrogen and oxygen atoms in total. The van der Waals surface area contributed by atoms with E-state index < -0.39 is 24.3 Å². The fraction of sp³-hybridized carbons (Fsp3) is 0.182. The molecule has 0 aliphatic carbocycles. The summed E-state index contributed by atoms with van der Waals surface area (Å²) in [5, 5.41) is 1.91. The number of alkyl halides is 3. The number of halogens is 3. The van der Waals surface area contributed by atoms with Crippen LogP contribution >= 0.6 is 11.3 Å². The lowest BCUT2D eigenvalue weighted by Crippen LogP contribution is -2.30. The smallest absolute Gasteiger partial charge is 0.416 e. The highest BCUT2D eigenvalue weighted by Gasteiger charge is 2.30. The topological polar surface area (TPSA) is 46.6 Å². The average Bonchev–Trinajstić information content (AvgIpc) is 3.24. The zero-order valence-corrected chi connectivity index (χ0v) is 16.8. The molecule has 0 N–H and O–H groups in total. The largest absolute Gasteiger partial charge is 0.452 e. The lowest BCUT2D eigenvalue weighted by Gasteiger charge is -2.16. The fourth-order valence-corrected chi connectivity index (χ4v) is 3.55. The quantitative estimate of drug-likeness (QED) is 0.499. The van der Waals surface area contributed by atoms with Crippen LogP contribution in [0.25, 0.3) is 11.1 Å². The number of rotatable bonds is 6. The van der Waals surface area contributed by atoms with Crippen LogP contribution in [0.5, 0.6) is 0 Å². The number of carbonyl (C=O) groups is 2. The Morgan fingerprint density at radius 3 is 2.33 bits per heavy atom. The molecule has 156 valence electrons. The molecule has 1 aromatic heterocycles. The van der Waals surface area contributed by atoms with Crippen LogP contribution in [-0.4, -0.2) is 30.4 Å². The zero-order valence-electron chi connectivity index (χ0n) is 16.0. The molecule has 2 aromatic carbocycles. The molecular weight excluding hydrogens is 415 g/mol. The van der Waals surface area contributed by atoms with Crippen molar-refractivity contribution in [3.63, 3.8) is 0 Å². The Morgan fingerprint density at radius 1 is 1.00 bits per heavy atom. The molecule has 0 unspecified atom stereocenters. The molecule has 0 aliphatic heterocycles. The van der Waals surface area contributed by atoms with Gasteiger partial charge < -0.3 is 9.64 Å². The van der Waals surface area contributed by atoms with E-state index in [1.807, 2.05) is 17.5 Å². The summed E-state index contributed by atoms with van der Waals surface area (Å²) in [6, 6.07) is 14.7. The SMILES string of the molecule is CN(Cc1cccs1)C(=O)COC(=O)c1ccccc1-c1ccc(C(F)(F)F)cc1. The predicted octanol–water partition coefficient (Wildman–Crippen LogP) is 5.25. The van der Waals surface area contributed by atoms with E-state index in [4.69, 9.17) is 4.74 Å². The van der Waals surface area contributed by atoms with Crippen molar-refractivity contribution in [3.8, 4) is 11.1 Å². The maximum absolute atomic E-state index is 12.8. The highest BCUT2D eigenvalue weighted by Crippen LogP contribution is 2.32. The van der Waals surface area contributed by atoms with Gasteiger partial charge in [-0.05, 0) is 40.8 Å². The van der Waals surface area contributed by atoms with Crippen molar-refractivity contribution in [2.75, 3.05) is 13.7 Å². The van der Waals surface area contributed by atoms with Gasteiger partial charge in [-0.15, -0.1) is 11.3 Å². The number of hydrogen-bond donors (Lipinski definition) is 0. The second kappa shape index (κ2) is 9.13. The van der Waals surface area contributed by atoms with Gasteiger partial charge in [-0.2, -0.15) is 13.2 Å². The van der Waals surface area contributed by atoms with Gasteiger partial charge in [0.2, 0.25) is 0 Å². The van der Waals surface area contributed by atoms with Gasteiger partial charge in [0.05, 0.1) is 17.7 Å². The third-order valence-corrected chi connectivity index (χ3v) is 5.26. The van der Waals surface area contributed by atoms with E-state index in [1.54, 1.807) is 25.2 Å². The normalized spacial score (nSPS) is 11.2. The van der Waals surface area contributed by atoms with E-state index in [-0.39, 0.29) is 11.5 Å². The van der Waals surface area contributed by atoms with Gasteiger partial charge in [-0.1, -0.05) is 36.4 Å². The minimum absolute atomic E-state index is 0.172. The van der Waals surface area contributed by atoms with E-state index >= 15 is 0 Å². The monoisotopic (exact) mass is 433 g/mol. The van der Waals surface area contributed by atoms with E-state index in [2.05, 4.69) is 0 Å². The number of hydrogen-bond acceptors (Lipinski definition) is 4. The molecule has 0 aliphatic rings. The summed E-state index contributed by atoms with van der Waals surface area (Å²) in [6.07, 6.45) is -4.44. The third kappa shape index (κ3) is 5.27. The number of benzene rings is 2. The number of likely N-dealkylation sites (N-methyl/N-ethyl adjacent to an activating group) is 1. The lowest BCUT2D eigenvalue weighted by atomic mass is 9.98. The van der Waals surface area contributed by atoms with Gasteiger partial charge >= 0.3 is 12.1 Å². The number of ether oxygens (including phenoxy) is 1. The Bertz CT molecular complexity index is 1010. The van der Waals surface area contributed by atoms with Crippen molar-refractivity contribution >= 4 is 23.2 Å². The summed E-state index contributed by atoms with van der Waals surface area (Å²) in [5.74, 6) is -1.08. The first-order valence-electron chi connectivity index (χ1n) is 8.96. The molecule has 0 fully saturated rings. The highest BCUT2D eigenvalue weighted by atomic mass is 32.1. The van der Waals surface area contributed by atoms with Crippen LogP contribution < -0.4 is 0 Å². The van der Waals surface area contributed by atoms with Crippen molar-refractivity contribution in [2.45, 2.75) is 12.7 Å². The molecule has 1 heterocycles. The van der Waals surface area contributed by atoms with Crippen LogP contribution in [0.2, 0.25) is 0 Å². The van der Waals surface area contributed by atoms with Crippen molar-refractivity contribution in [3.05, 3.63) is 82.0 Å². The van der Waals surface area contributed by atoms with Crippen LogP contribution in [0.1, 0.15) is 20.8 Å². The van der Waals surface area contributed by atoms with Crippen LogP contribution in [0, 0.1) is 0 Å². The van der Waals surface area contributed by atoms with Gasteiger partial charge in [0, 0.05) is 11.9 Å². The molecule has 0 saturated carbocycles. The van der Waals surface area contributed by atoms with E-state index in [0.717, 1.165) is 17.0 Å². The van der Waals surface area contributed by atoms with Gasteiger partial charge in [0.1, 0.15) is 0 Å². The Hall–Kier alpha value is -3.13. The van der Waals surface area contributed by atoms with Gasteiger partial charge in [-0.25, -0.2) is 4.79 Å². The summed E-state index contributed by atoms with van der Waals surface area (Å²) in [6.45, 7) is -0.0156. The van der Waals surface area contributed by atoms with Gasteiger partial charge in [0.15, 0.2) is 6.61 Å². The molecule has 8 heteroatoms. The number of thiophene rings is 1. The van der Waals surface area contributed by atoms with Crippen LogP contribution in [-0.2, 0) is 22.3 Å². The molecule has 3 aromatic rings. The Labute approximate surface area is 175 Å². The standard InChI is InChI=1S/C22H18F3NO3S/c1-26(13-17-5-4-12-30-17)20(27)14-29-21(28)19-7-3-2-6-18(19)15-8-10-16(11-9-15)22(23,24)25/h2-12H,13-14H2,1H3. The maximum Gasteiger partial charge on any atom is 0.416 e. The molecule has 0 saturated heterocycles. The van der Waals surface area contributed by atoms with Crippen molar-refractivity contribution in [1.29, 1.82) is 0 Å². The van der Waals surface area contributed by atoms with Crippen LogP contribution in [0.4, 0.5) is 13.2 Å². The first-order chi connectivity index (χ1) is 14.3. The predicted molar refractivity (Wildman–Crippen MR) is 108 cm³/mol. The minimum Gasteiger partial charge on any atom is -0.452 e. The van der Waals surface area contributed by atoms with Gasteiger partial charge in [0.25, 0.3) is 5.91 Å². The Balaban J connectivity index is 1.69. The molecular formula is C22H18F3NO3S. The van der Waals surface area contributed by atoms with E-state index in [0.29, 0.717) is 17.7 Å². The van der Waals surface area contributed by atoms with Crippen molar-refractivity contribution in [1.82, 2.24) is 4.90 Å². The Morgan fingerprint density at radius 2 is 1.70 bits per heavy atom. The first-order valence-corrected chi connectivity index (χ1v) is 9.84. The summed E-state index contributed by atoms with van der Waals surface area (Å²) >= 11 is 1.52. The Kier molecular flexibility index (Phi) is 6.56. The lowest BCUT2D eigenvalue weighted by molar-refractivity contribution is -0.137. The second-order valence-corrected chi connectivity index (χ2v) is 7.56. The molecule has 1 amide bonds. The summed E-state index contributed by atoms with van der Waals surface area (Å²) in [5.41, 5.74) is 0.268. The summed E-state index contributed by atoms with van der Waals surface area (Å²) < 4.78 is 43.5. The number of esters is 1. The van der Waals surface area contributed by atoms with E-state index in [1.165, 1.54) is 34.4 Å². The second-order valence-electron chi connectivity index (χ2n) is 6.53. The molecule has 30 heavy (non-hydrogen) atoms. The zero-order chi connectivity index (χ0) is 21.7. The molecule has 0 bridgehead atoms. The van der Waals surface area contributed by atoms with Crippen molar-refractivity contribution < 1.29 is 27.5 Å².